The number of carboxylic acid groups (broad SMARTS) is 1. The van der Waals surface area contributed by atoms with E-state index >= 15 is 0 Å². The van der Waals surface area contributed by atoms with Gasteiger partial charge >= 0.3 is 18.9 Å². The van der Waals surface area contributed by atoms with Crippen molar-refractivity contribution in [3.63, 3.8) is 0 Å². The van der Waals surface area contributed by atoms with Gasteiger partial charge in [-0.1, -0.05) is 32.9 Å². The second-order valence-electron chi connectivity index (χ2n) is 6.75. The van der Waals surface area contributed by atoms with E-state index in [1.807, 2.05) is 0 Å². The molecule has 1 aromatic carbocycles. The van der Waals surface area contributed by atoms with Gasteiger partial charge in [-0.25, -0.2) is 0 Å². The summed E-state index contributed by atoms with van der Waals surface area (Å²) >= 11 is 0. The van der Waals surface area contributed by atoms with Crippen molar-refractivity contribution in [2.75, 3.05) is 37.6 Å². The monoisotopic (exact) mass is 296 g/mol. The number of carbonyl (C=O) groups excluding carboxylic acids is 1. The van der Waals surface area contributed by atoms with E-state index in [0.717, 1.165) is 26.2 Å². The van der Waals surface area contributed by atoms with E-state index < -0.39 is 5.97 Å². The molecule has 1 heterocycles. The van der Waals surface area contributed by atoms with Crippen LogP contribution in [0.25, 0.3) is 0 Å². The molecule has 116 valence electrons. The molecule has 0 unspecified atom stereocenters. The van der Waals surface area contributed by atoms with Crippen LogP contribution in [0.5, 0.6) is 0 Å². The Hall–Kier alpha value is -0.953. The minimum absolute atomic E-state index is 0. The topological polar surface area (TPSA) is 46.6 Å². The molecule has 0 aliphatic carbocycles. The van der Waals surface area contributed by atoms with Crippen molar-refractivity contribution in [2.24, 2.45) is 0 Å². The molecule has 0 radical (unpaired) electrons. The predicted octanol–water partition coefficient (Wildman–Crippen LogP) is -1.75. The Labute approximate surface area is 145 Å². The van der Waals surface area contributed by atoms with Crippen molar-refractivity contribution < 1.29 is 28.8 Å². The molecule has 0 N–H and O–H groups in total. The Bertz CT molecular complexity index is 474. The van der Waals surface area contributed by atoms with Crippen LogP contribution in [0.1, 0.15) is 32.8 Å². The molecule has 1 fully saturated rings. The number of rotatable bonds is 4. The van der Waals surface area contributed by atoms with Gasteiger partial charge in [0.15, 0.2) is 0 Å². The first-order chi connectivity index (χ1) is 9.86. The van der Waals surface area contributed by atoms with E-state index in [1.54, 1.807) is 0 Å². The van der Waals surface area contributed by atoms with Crippen LogP contribution in [0.15, 0.2) is 24.3 Å². The van der Waals surface area contributed by atoms with Gasteiger partial charge in [0, 0.05) is 44.4 Å². The van der Waals surface area contributed by atoms with Crippen LogP contribution in [0, 0.1) is 0 Å². The van der Waals surface area contributed by atoms with Crippen LogP contribution in [0.3, 0.4) is 0 Å². The standard InChI is InChI=1S/C17H26N2O2.Li/c1-17(2,3)14-4-6-15(7-5-14)19-12-10-18(11-13-19)9-8-16(20)21;/h4-7H,8-13H2,1-3H3,(H,20,21);/q;+1/p-1. The SMILES string of the molecule is CC(C)(C)c1ccc(N2CCN(CCC(=O)[O-])CC2)cc1.[Li+]. The molecular weight excluding hydrogens is 271 g/mol. The molecule has 5 heteroatoms. The number of carboxylic acids is 1. The zero-order valence-corrected chi connectivity index (χ0v) is 14.3. The molecule has 2 rings (SSSR count). The van der Waals surface area contributed by atoms with Gasteiger partial charge in [0.25, 0.3) is 0 Å². The van der Waals surface area contributed by atoms with Crippen molar-refractivity contribution in [1.82, 2.24) is 4.90 Å². The summed E-state index contributed by atoms with van der Waals surface area (Å²) in [5.74, 6) is -0.963. The van der Waals surface area contributed by atoms with Crippen molar-refractivity contribution in [1.29, 1.82) is 0 Å². The number of benzene rings is 1. The van der Waals surface area contributed by atoms with Crippen LogP contribution in [0.4, 0.5) is 5.69 Å². The summed E-state index contributed by atoms with van der Waals surface area (Å²) in [4.78, 5) is 15.0. The fourth-order valence-corrected chi connectivity index (χ4v) is 2.65. The Morgan fingerprint density at radius 2 is 1.64 bits per heavy atom. The maximum absolute atomic E-state index is 10.5. The average Bonchev–Trinajstić information content (AvgIpc) is 2.45. The minimum atomic E-state index is -0.963. The molecular formula is C17H25LiN2O2. The number of nitrogens with zero attached hydrogens (tertiary/aromatic N) is 2. The average molecular weight is 296 g/mol. The van der Waals surface area contributed by atoms with Gasteiger partial charge in [-0.2, -0.15) is 0 Å². The van der Waals surface area contributed by atoms with Gasteiger partial charge in [-0.3, -0.25) is 4.90 Å². The second kappa shape index (κ2) is 8.06. The Balaban J connectivity index is 0.00000242. The van der Waals surface area contributed by atoms with E-state index in [0.29, 0.717) is 6.54 Å². The first-order valence-corrected chi connectivity index (χ1v) is 7.64. The summed E-state index contributed by atoms with van der Waals surface area (Å²) in [7, 11) is 0. The second-order valence-corrected chi connectivity index (χ2v) is 6.75. The molecule has 0 atom stereocenters. The quantitative estimate of drug-likeness (QED) is 0.618. The van der Waals surface area contributed by atoms with Crippen LogP contribution in [-0.2, 0) is 10.2 Å². The van der Waals surface area contributed by atoms with Gasteiger partial charge in [-0.15, -0.1) is 0 Å². The predicted molar refractivity (Wildman–Crippen MR) is 83.4 cm³/mol. The van der Waals surface area contributed by atoms with E-state index in [4.69, 9.17) is 0 Å². The van der Waals surface area contributed by atoms with E-state index in [9.17, 15) is 9.90 Å². The minimum Gasteiger partial charge on any atom is -0.550 e. The molecule has 1 aromatic rings. The maximum Gasteiger partial charge on any atom is 1.00 e. The molecule has 1 aliphatic rings. The molecule has 1 saturated heterocycles. The number of piperazine rings is 1. The summed E-state index contributed by atoms with van der Waals surface area (Å²) in [6.45, 7) is 11.0. The zero-order chi connectivity index (χ0) is 15.5. The van der Waals surface area contributed by atoms with E-state index in [2.05, 4.69) is 54.8 Å². The normalized spacial score (nSPS) is 16.2. The molecule has 4 nitrogen and oxygen atoms in total. The summed E-state index contributed by atoms with van der Waals surface area (Å²) in [5, 5.41) is 10.5. The third kappa shape index (κ3) is 5.35. The Kier molecular flexibility index (Phi) is 6.99. The van der Waals surface area contributed by atoms with Gasteiger partial charge in [-0.05, 0) is 29.5 Å². The first-order valence-electron chi connectivity index (χ1n) is 7.64. The molecule has 22 heavy (non-hydrogen) atoms. The van der Waals surface area contributed by atoms with Crippen LogP contribution in [0.2, 0.25) is 0 Å². The van der Waals surface area contributed by atoms with Gasteiger partial charge < -0.3 is 14.8 Å². The molecule has 0 amide bonds. The molecule has 0 bridgehead atoms. The fraction of sp³-hybridized carbons (Fsp3) is 0.588. The molecule has 0 saturated carbocycles. The first kappa shape index (κ1) is 19.1. The van der Waals surface area contributed by atoms with Crippen LogP contribution < -0.4 is 28.9 Å². The van der Waals surface area contributed by atoms with Gasteiger partial charge in [0.2, 0.25) is 0 Å². The smallest absolute Gasteiger partial charge is 0.550 e. The number of anilines is 1. The Morgan fingerprint density at radius 1 is 1.09 bits per heavy atom. The van der Waals surface area contributed by atoms with Crippen molar-refractivity contribution in [3.05, 3.63) is 29.8 Å². The number of hydrogen-bond donors (Lipinski definition) is 0. The van der Waals surface area contributed by atoms with Crippen LogP contribution >= 0.6 is 0 Å². The zero-order valence-electron chi connectivity index (χ0n) is 14.3. The van der Waals surface area contributed by atoms with Gasteiger partial charge in [0.05, 0.1) is 0 Å². The maximum atomic E-state index is 10.5. The van der Waals surface area contributed by atoms with Crippen molar-refractivity contribution in [2.45, 2.75) is 32.6 Å². The third-order valence-electron chi connectivity index (χ3n) is 4.10. The molecule has 0 aromatic heterocycles. The van der Waals surface area contributed by atoms with E-state index in [1.165, 1.54) is 11.3 Å². The fourth-order valence-electron chi connectivity index (χ4n) is 2.65. The van der Waals surface area contributed by atoms with Crippen molar-refractivity contribution >= 4 is 11.7 Å². The van der Waals surface area contributed by atoms with Crippen molar-refractivity contribution in [3.8, 4) is 0 Å². The summed E-state index contributed by atoms with van der Waals surface area (Å²) in [5.41, 5.74) is 2.78. The molecule has 0 spiro atoms. The largest absolute Gasteiger partial charge is 1.00 e. The Morgan fingerprint density at radius 3 is 2.09 bits per heavy atom. The summed E-state index contributed by atoms with van der Waals surface area (Å²) < 4.78 is 0. The third-order valence-corrected chi connectivity index (χ3v) is 4.10. The number of carbonyl (C=O) groups is 1. The van der Waals surface area contributed by atoms with Gasteiger partial charge in [0.1, 0.15) is 0 Å². The van der Waals surface area contributed by atoms with E-state index in [-0.39, 0.29) is 30.7 Å². The summed E-state index contributed by atoms with van der Waals surface area (Å²) in [6.07, 6.45) is 0.125. The number of aliphatic carboxylic acids is 1. The van der Waals surface area contributed by atoms with Crippen LogP contribution in [-0.4, -0.2) is 43.6 Å². The number of hydrogen-bond acceptors (Lipinski definition) is 4. The molecule has 1 aliphatic heterocycles. The summed E-state index contributed by atoms with van der Waals surface area (Å²) in [6, 6.07) is 8.80.